The molecule has 0 aromatic heterocycles. The quantitative estimate of drug-likeness (QED) is 0.759. The van der Waals surface area contributed by atoms with E-state index in [1.807, 2.05) is 19.1 Å². The van der Waals surface area contributed by atoms with Crippen LogP contribution in [0.4, 0.5) is 14.5 Å². The van der Waals surface area contributed by atoms with Crippen LogP contribution < -0.4 is 14.4 Å². The number of nitrogens with zero attached hydrogens (tertiary/aromatic N) is 1. The molecule has 2 aromatic rings. The zero-order valence-electron chi connectivity index (χ0n) is 14.4. The van der Waals surface area contributed by atoms with E-state index >= 15 is 0 Å². The van der Waals surface area contributed by atoms with Gasteiger partial charge in [-0.2, -0.15) is 8.78 Å². The molecular formula is C19H18ClF2NO3. The van der Waals surface area contributed by atoms with Crippen molar-refractivity contribution in [2.24, 2.45) is 0 Å². The van der Waals surface area contributed by atoms with Gasteiger partial charge in [-0.05, 0) is 61.2 Å². The van der Waals surface area contributed by atoms with Crippen molar-refractivity contribution >= 4 is 23.2 Å². The van der Waals surface area contributed by atoms with Gasteiger partial charge < -0.3 is 14.4 Å². The van der Waals surface area contributed by atoms with Gasteiger partial charge >= 0.3 is 6.61 Å². The molecule has 0 saturated heterocycles. The van der Waals surface area contributed by atoms with Crippen LogP contribution in [0.5, 0.6) is 11.5 Å². The maximum Gasteiger partial charge on any atom is 0.387 e. The molecule has 1 aliphatic heterocycles. The summed E-state index contributed by atoms with van der Waals surface area (Å²) in [5.41, 5.74) is 2.99. The lowest BCUT2D eigenvalue weighted by molar-refractivity contribution is -0.0512. The molecule has 1 heterocycles. The summed E-state index contributed by atoms with van der Waals surface area (Å²) >= 11 is 6.12. The minimum absolute atomic E-state index is 0.142. The lowest BCUT2D eigenvalue weighted by Crippen LogP contribution is -2.36. The van der Waals surface area contributed by atoms with E-state index in [4.69, 9.17) is 16.3 Å². The fourth-order valence-electron chi connectivity index (χ4n) is 3.28. The average molecular weight is 382 g/mol. The van der Waals surface area contributed by atoms with E-state index in [0.29, 0.717) is 11.6 Å². The molecule has 0 bridgehead atoms. The number of carbonyl (C=O) groups is 1. The normalized spacial score (nSPS) is 13.5. The van der Waals surface area contributed by atoms with Crippen LogP contribution in [0.2, 0.25) is 5.02 Å². The summed E-state index contributed by atoms with van der Waals surface area (Å²) in [5, 5.41) is 0.632. The van der Waals surface area contributed by atoms with E-state index in [-0.39, 0.29) is 23.0 Å². The Kier molecular flexibility index (Phi) is 5.32. The number of benzene rings is 2. The number of alkyl halides is 2. The number of halogens is 3. The Labute approximate surface area is 155 Å². The van der Waals surface area contributed by atoms with Gasteiger partial charge in [-0.3, -0.25) is 4.79 Å². The summed E-state index contributed by atoms with van der Waals surface area (Å²) in [7, 11) is 1.35. The second-order valence-electron chi connectivity index (χ2n) is 6.03. The van der Waals surface area contributed by atoms with Crippen molar-refractivity contribution in [3.05, 3.63) is 52.0 Å². The van der Waals surface area contributed by atoms with E-state index in [2.05, 4.69) is 4.74 Å². The van der Waals surface area contributed by atoms with Crippen molar-refractivity contribution in [2.75, 3.05) is 18.6 Å². The highest BCUT2D eigenvalue weighted by Crippen LogP contribution is 2.35. The molecule has 2 aromatic carbocycles. The number of fused-ring (bicyclic) bond motifs is 1. The summed E-state index contributed by atoms with van der Waals surface area (Å²) in [5.74, 6) is -0.305. The Bertz CT molecular complexity index is 842. The zero-order valence-corrected chi connectivity index (χ0v) is 15.1. The first-order valence-electron chi connectivity index (χ1n) is 8.14. The topological polar surface area (TPSA) is 38.8 Å². The summed E-state index contributed by atoms with van der Waals surface area (Å²) < 4.78 is 34.7. The number of carbonyl (C=O) groups excluding carboxylic acids is 1. The molecule has 0 unspecified atom stereocenters. The van der Waals surface area contributed by atoms with Crippen LogP contribution in [0.3, 0.4) is 0 Å². The van der Waals surface area contributed by atoms with Gasteiger partial charge in [0, 0.05) is 17.1 Å². The van der Waals surface area contributed by atoms with Gasteiger partial charge in [-0.1, -0.05) is 11.6 Å². The highest BCUT2D eigenvalue weighted by atomic mass is 35.5. The molecule has 0 aliphatic carbocycles. The summed E-state index contributed by atoms with van der Waals surface area (Å²) in [4.78, 5) is 14.7. The predicted molar refractivity (Wildman–Crippen MR) is 95.8 cm³/mol. The van der Waals surface area contributed by atoms with Crippen LogP contribution in [0.15, 0.2) is 30.3 Å². The van der Waals surface area contributed by atoms with E-state index in [1.165, 1.54) is 19.2 Å². The molecule has 1 aliphatic rings. The van der Waals surface area contributed by atoms with Crippen LogP contribution in [0.1, 0.15) is 27.9 Å². The monoisotopic (exact) mass is 381 g/mol. The number of anilines is 1. The van der Waals surface area contributed by atoms with Crippen LogP contribution in [0, 0.1) is 6.92 Å². The van der Waals surface area contributed by atoms with Crippen molar-refractivity contribution in [1.29, 1.82) is 0 Å². The Morgan fingerprint density at radius 1 is 1.23 bits per heavy atom. The maximum atomic E-state index is 13.0. The fraction of sp³-hybridized carbons (Fsp3) is 0.316. The Hall–Kier alpha value is -2.34. The van der Waals surface area contributed by atoms with Gasteiger partial charge in [0.1, 0.15) is 0 Å². The summed E-state index contributed by atoms with van der Waals surface area (Å²) in [6.45, 7) is -0.560. The van der Waals surface area contributed by atoms with Gasteiger partial charge in [-0.15, -0.1) is 0 Å². The number of hydrogen-bond acceptors (Lipinski definition) is 3. The first kappa shape index (κ1) is 18.5. The van der Waals surface area contributed by atoms with Gasteiger partial charge in [0.2, 0.25) is 0 Å². The lowest BCUT2D eigenvalue weighted by atomic mass is 9.97. The molecule has 0 N–H and O–H groups in total. The Morgan fingerprint density at radius 3 is 2.69 bits per heavy atom. The summed E-state index contributed by atoms with van der Waals surface area (Å²) in [6, 6.07) is 7.95. The fourth-order valence-corrected chi connectivity index (χ4v) is 3.57. The standard InChI is InChI=1S/C19H18ClF2NO3/c1-11-8-14(20)9-12-4-3-7-23(17(11)12)18(24)13-5-6-15(25-2)16(10-13)26-19(21)22/h5-6,8-10,19H,3-4,7H2,1-2H3. The van der Waals surface area contributed by atoms with Crippen LogP contribution in [0.25, 0.3) is 0 Å². The van der Waals surface area contributed by atoms with Gasteiger partial charge in [0.25, 0.3) is 5.91 Å². The van der Waals surface area contributed by atoms with Gasteiger partial charge in [0.05, 0.1) is 12.8 Å². The Balaban J connectivity index is 1.99. The highest BCUT2D eigenvalue weighted by molar-refractivity contribution is 6.31. The van der Waals surface area contributed by atoms with Gasteiger partial charge in [0.15, 0.2) is 11.5 Å². The third kappa shape index (κ3) is 3.60. The minimum Gasteiger partial charge on any atom is -0.493 e. The third-order valence-electron chi connectivity index (χ3n) is 4.31. The van der Waals surface area contributed by atoms with Crippen LogP contribution >= 0.6 is 11.6 Å². The van der Waals surface area contributed by atoms with E-state index < -0.39 is 6.61 Å². The molecule has 0 saturated carbocycles. The maximum absolute atomic E-state index is 13.0. The number of rotatable bonds is 4. The smallest absolute Gasteiger partial charge is 0.387 e. The van der Waals surface area contributed by atoms with E-state index in [0.717, 1.165) is 29.7 Å². The number of methoxy groups -OCH3 is 1. The summed E-state index contributed by atoms with van der Waals surface area (Å²) in [6.07, 6.45) is 1.64. The lowest BCUT2D eigenvalue weighted by Gasteiger charge is -2.31. The second kappa shape index (κ2) is 7.50. The minimum atomic E-state index is -3.01. The zero-order chi connectivity index (χ0) is 18.8. The van der Waals surface area contributed by atoms with Crippen molar-refractivity contribution in [2.45, 2.75) is 26.4 Å². The van der Waals surface area contributed by atoms with Crippen molar-refractivity contribution in [3.8, 4) is 11.5 Å². The number of aryl methyl sites for hydroxylation is 2. The molecular weight excluding hydrogens is 364 g/mol. The highest BCUT2D eigenvalue weighted by Gasteiger charge is 2.26. The molecule has 1 amide bonds. The first-order valence-corrected chi connectivity index (χ1v) is 8.52. The third-order valence-corrected chi connectivity index (χ3v) is 4.53. The van der Waals surface area contributed by atoms with E-state index in [9.17, 15) is 13.6 Å². The molecule has 4 nitrogen and oxygen atoms in total. The van der Waals surface area contributed by atoms with Crippen molar-refractivity contribution in [1.82, 2.24) is 0 Å². The molecule has 0 radical (unpaired) electrons. The molecule has 0 spiro atoms. The average Bonchev–Trinajstić information content (AvgIpc) is 2.59. The predicted octanol–water partition coefficient (Wildman–Crippen LogP) is 4.85. The van der Waals surface area contributed by atoms with E-state index in [1.54, 1.807) is 11.0 Å². The van der Waals surface area contributed by atoms with Crippen LogP contribution in [-0.2, 0) is 6.42 Å². The molecule has 26 heavy (non-hydrogen) atoms. The molecule has 0 fully saturated rings. The molecule has 138 valence electrons. The van der Waals surface area contributed by atoms with Crippen molar-refractivity contribution in [3.63, 3.8) is 0 Å². The second-order valence-corrected chi connectivity index (χ2v) is 6.47. The number of ether oxygens (including phenoxy) is 2. The Morgan fingerprint density at radius 2 is 2.00 bits per heavy atom. The molecule has 3 rings (SSSR count). The van der Waals surface area contributed by atoms with Crippen molar-refractivity contribution < 1.29 is 23.0 Å². The SMILES string of the molecule is COc1ccc(C(=O)N2CCCc3cc(Cl)cc(C)c32)cc1OC(F)F. The van der Waals surface area contributed by atoms with Gasteiger partial charge in [-0.25, -0.2) is 0 Å². The first-order chi connectivity index (χ1) is 12.4. The largest absolute Gasteiger partial charge is 0.493 e. The van der Waals surface area contributed by atoms with Crippen LogP contribution in [-0.4, -0.2) is 26.2 Å². The molecule has 0 atom stereocenters. The molecule has 7 heteroatoms. The number of hydrogen-bond donors (Lipinski definition) is 0. The number of amides is 1.